The summed E-state index contributed by atoms with van der Waals surface area (Å²) in [5.74, 6) is -0.299. The van der Waals surface area contributed by atoms with Crippen LogP contribution in [0, 0.1) is 0 Å². The van der Waals surface area contributed by atoms with E-state index in [1.54, 1.807) is 18.1 Å². The van der Waals surface area contributed by atoms with Gasteiger partial charge in [-0.15, -0.1) is 0 Å². The zero-order valence-electron chi connectivity index (χ0n) is 18.2. The summed E-state index contributed by atoms with van der Waals surface area (Å²) in [4.78, 5) is 31.9. The lowest BCUT2D eigenvalue weighted by Crippen LogP contribution is -2.49. The summed E-state index contributed by atoms with van der Waals surface area (Å²) in [6.07, 6.45) is 2.14. The molecule has 160 valence electrons. The molecular weight excluding hydrogens is 390 g/mol. The first-order valence-electron chi connectivity index (χ1n) is 10.7. The molecule has 6 heteroatoms. The molecule has 0 unspecified atom stereocenters. The zero-order valence-corrected chi connectivity index (χ0v) is 18.2. The van der Waals surface area contributed by atoms with Crippen molar-refractivity contribution in [3.05, 3.63) is 59.7 Å². The van der Waals surface area contributed by atoms with Crippen LogP contribution in [0.2, 0.25) is 0 Å². The second kappa shape index (κ2) is 7.24. The number of Topliss-reactive ketones (excluding diaryl/α,β-unsaturated/α-hetero) is 1. The number of anilines is 2. The third-order valence-corrected chi connectivity index (χ3v) is 6.52. The molecule has 2 aromatic carbocycles. The van der Waals surface area contributed by atoms with Crippen LogP contribution in [0.3, 0.4) is 0 Å². The van der Waals surface area contributed by atoms with E-state index in [2.05, 4.69) is 40.1 Å². The Labute approximate surface area is 182 Å². The highest BCUT2D eigenvalue weighted by Gasteiger charge is 2.47. The van der Waals surface area contributed by atoms with Crippen LogP contribution in [0.25, 0.3) is 5.57 Å². The predicted molar refractivity (Wildman–Crippen MR) is 122 cm³/mol. The van der Waals surface area contributed by atoms with E-state index in [0.29, 0.717) is 11.3 Å². The number of hydrogen-bond acceptors (Lipinski definition) is 5. The number of piperazine rings is 1. The molecule has 1 amide bonds. The van der Waals surface area contributed by atoms with Crippen molar-refractivity contribution in [2.24, 2.45) is 0 Å². The lowest BCUT2D eigenvalue weighted by molar-refractivity contribution is -0.115. The van der Waals surface area contributed by atoms with E-state index < -0.39 is 17.2 Å². The van der Waals surface area contributed by atoms with Gasteiger partial charge in [-0.1, -0.05) is 24.3 Å². The number of carbonyl (C=O) groups is 2. The first kappa shape index (κ1) is 19.8. The Morgan fingerprint density at radius 2 is 1.65 bits per heavy atom. The molecule has 0 spiro atoms. The summed E-state index contributed by atoms with van der Waals surface area (Å²) >= 11 is 0. The smallest absolute Gasteiger partial charge is 0.300 e. The molecule has 3 aliphatic heterocycles. The third kappa shape index (κ3) is 3.22. The number of ether oxygens (including phenoxy) is 1. The van der Waals surface area contributed by atoms with Crippen LogP contribution in [0.1, 0.15) is 29.8 Å². The van der Waals surface area contributed by atoms with Crippen molar-refractivity contribution in [3.8, 4) is 5.75 Å². The second-order valence-corrected chi connectivity index (χ2v) is 8.96. The van der Waals surface area contributed by atoms with Crippen LogP contribution >= 0.6 is 0 Å². The molecule has 31 heavy (non-hydrogen) atoms. The normalized spacial score (nSPS) is 20.0. The van der Waals surface area contributed by atoms with Crippen molar-refractivity contribution in [3.63, 3.8) is 0 Å². The lowest BCUT2D eigenvalue weighted by atomic mass is 9.87. The van der Waals surface area contributed by atoms with Crippen molar-refractivity contribution < 1.29 is 14.3 Å². The molecule has 0 atom stereocenters. The SMILES string of the molecule is COc1cc2c3c(c1)C(CN1CCN(c4ccccc4)CC1)=CC(C)(C)N3C(=O)C2=O. The lowest BCUT2D eigenvalue weighted by Gasteiger charge is -2.41. The van der Waals surface area contributed by atoms with Gasteiger partial charge < -0.3 is 9.64 Å². The van der Waals surface area contributed by atoms with Crippen molar-refractivity contribution >= 4 is 28.6 Å². The van der Waals surface area contributed by atoms with Crippen molar-refractivity contribution in [1.82, 2.24) is 4.90 Å². The van der Waals surface area contributed by atoms with Crippen LogP contribution in [-0.4, -0.2) is 62.0 Å². The molecule has 0 aliphatic carbocycles. The maximum absolute atomic E-state index is 12.8. The number of ketones is 1. The van der Waals surface area contributed by atoms with Gasteiger partial charge in [-0.3, -0.25) is 19.4 Å². The highest BCUT2D eigenvalue weighted by molar-refractivity contribution is 6.53. The summed E-state index contributed by atoms with van der Waals surface area (Å²) in [6, 6.07) is 14.2. The number of carbonyl (C=O) groups excluding carboxylic acids is 2. The third-order valence-electron chi connectivity index (χ3n) is 6.52. The number of amides is 1. The largest absolute Gasteiger partial charge is 0.497 e. The zero-order chi connectivity index (χ0) is 21.8. The Morgan fingerprint density at radius 3 is 2.32 bits per heavy atom. The van der Waals surface area contributed by atoms with E-state index in [-0.39, 0.29) is 0 Å². The minimum Gasteiger partial charge on any atom is -0.497 e. The Bertz CT molecular complexity index is 1080. The Hall–Kier alpha value is -3.12. The van der Waals surface area contributed by atoms with E-state index in [0.717, 1.165) is 49.5 Å². The monoisotopic (exact) mass is 417 g/mol. The summed E-state index contributed by atoms with van der Waals surface area (Å²) in [7, 11) is 1.59. The number of hydrogen-bond donors (Lipinski definition) is 0. The van der Waals surface area contributed by atoms with E-state index >= 15 is 0 Å². The quantitative estimate of drug-likeness (QED) is 0.715. The average molecular weight is 418 g/mol. The van der Waals surface area contributed by atoms with E-state index in [9.17, 15) is 9.59 Å². The van der Waals surface area contributed by atoms with Gasteiger partial charge in [-0.05, 0) is 43.7 Å². The highest BCUT2D eigenvalue weighted by atomic mass is 16.5. The minimum atomic E-state index is -0.555. The van der Waals surface area contributed by atoms with Crippen LogP contribution in [0.15, 0.2) is 48.5 Å². The molecule has 0 radical (unpaired) electrons. The fourth-order valence-electron chi connectivity index (χ4n) is 5.00. The maximum atomic E-state index is 12.8. The van der Waals surface area contributed by atoms with E-state index in [1.807, 2.05) is 26.0 Å². The first-order chi connectivity index (χ1) is 14.9. The number of nitrogens with zero attached hydrogens (tertiary/aromatic N) is 3. The maximum Gasteiger partial charge on any atom is 0.300 e. The van der Waals surface area contributed by atoms with Crippen molar-refractivity contribution in [2.75, 3.05) is 49.6 Å². The molecule has 0 bridgehead atoms. The fourth-order valence-corrected chi connectivity index (χ4v) is 5.00. The van der Waals surface area contributed by atoms with Gasteiger partial charge >= 0.3 is 0 Å². The van der Waals surface area contributed by atoms with Gasteiger partial charge in [-0.25, -0.2) is 0 Å². The first-order valence-corrected chi connectivity index (χ1v) is 10.7. The molecule has 2 aromatic rings. The molecule has 1 saturated heterocycles. The number of rotatable bonds is 4. The summed E-state index contributed by atoms with van der Waals surface area (Å²) in [5, 5.41) is 0. The highest BCUT2D eigenvalue weighted by Crippen LogP contribution is 2.47. The standard InChI is InChI=1S/C25H27N3O3/c1-25(2)15-17(16-26-9-11-27(12-10-26)18-7-5-4-6-8-18)20-13-19(31-3)14-21-22(20)28(25)24(30)23(21)29/h4-8,13-15H,9-12,16H2,1-3H3. The average Bonchev–Trinajstić information content (AvgIpc) is 3.04. The van der Waals surface area contributed by atoms with Gasteiger partial charge in [0.15, 0.2) is 0 Å². The molecule has 0 saturated carbocycles. The molecule has 5 rings (SSSR count). The molecule has 6 nitrogen and oxygen atoms in total. The molecular formula is C25H27N3O3. The number of methoxy groups -OCH3 is 1. The van der Waals surface area contributed by atoms with Gasteiger partial charge in [0, 0.05) is 44.0 Å². The number of para-hydroxylation sites is 1. The Balaban J connectivity index is 1.43. The molecule has 0 N–H and O–H groups in total. The fraction of sp³-hybridized carbons (Fsp3) is 0.360. The molecule has 3 heterocycles. The number of benzene rings is 2. The van der Waals surface area contributed by atoms with Gasteiger partial charge in [0.05, 0.1) is 23.9 Å². The summed E-state index contributed by atoms with van der Waals surface area (Å²) in [5.41, 5.74) is 3.97. The van der Waals surface area contributed by atoms with Crippen LogP contribution in [0.4, 0.5) is 11.4 Å². The van der Waals surface area contributed by atoms with Crippen LogP contribution < -0.4 is 14.5 Å². The molecule has 1 fully saturated rings. The van der Waals surface area contributed by atoms with Crippen LogP contribution in [-0.2, 0) is 4.79 Å². The minimum absolute atomic E-state index is 0.450. The Morgan fingerprint density at radius 1 is 0.968 bits per heavy atom. The molecule has 3 aliphatic rings. The van der Waals surface area contributed by atoms with Crippen molar-refractivity contribution in [2.45, 2.75) is 19.4 Å². The predicted octanol–water partition coefficient (Wildman–Crippen LogP) is 3.22. The van der Waals surface area contributed by atoms with E-state index in [4.69, 9.17) is 4.74 Å². The van der Waals surface area contributed by atoms with Crippen molar-refractivity contribution in [1.29, 1.82) is 0 Å². The topological polar surface area (TPSA) is 53.1 Å². The Kier molecular flexibility index (Phi) is 4.63. The summed E-state index contributed by atoms with van der Waals surface area (Å²) in [6.45, 7) is 8.63. The van der Waals surface area contributed by atoms with Crippen LogP contribution in [0.5, 0.6) is 5.75 Å². The molecule has 0 aromatic heterocycles. The van der Waals surface area contributed by atoms with Gasteiger partial charge in [0.1, 0.15) is 5.75 Å². The van der Waals surface area contributed by atoms with E-state index in [1.165, 1.54) is 5.69 Å². The van der Waals surface area contributed by atoms with Gasteiger partial charge in [-0.2, -0.15) is 0 Å². The van der Waals surface area contributed by atoms with Gasteiger partial charge in [0.25, 0.3) is 11.7 Å². The summed E-state index contributed by atoms with van der Waals surface area (Å²) < 4.78 is 5.45. The van der Waals surface area contributed by atoms with Gasteiger partial charge in [0.2, 0.25) is 0 Å². The second-order valence-electron chi connectivity index (χ2n) is 8.96.